The molecule has 2 rings (SSSR count). The summed E-state index contributed by atoms with van der Waals surface area (Å²) in [5.74, 6) is -2.28. The van der Waals surface area contributed by atoms with Crippen LogP contribution in [0.4, 0.5) is 0 Å². The molecule has 0 radical (unpaired) electrons. The third-order valence-corrected chi connectivity index (χ3v) is 7.22. The van der Waals surface area contributed by atoms with Crippen LogP contribution in [0.2, 0.25) is 0 Å². The second-order valence-corrected chi connectivity index (χ2v) is 11.6. The smallest absolute Gasteiger partial charge is 0.243 e. The minimum absolute atomic E-state index is 0.144. The molecule has 0 saturated heterocycles. The fraction of sp³-hybridized carbons (Fsp3) is 0.455. The minimum Gasteiger partial charge on any atom is -0.380 e. The maximum Gasteiger partial charge on any atom is 0.243 e. The molecule has 0 aromatic heterocycles. The largest absolute Gasteiger partial charge is 0.380 e. The molecule has 5 amide bonds. The lowest BCUT2D eigenvalue weighted by atomic mass is 10.00. The molecule has 0 spiro atoms. The lowest BCUT2D eigenvalue weighted by Crippen LogP contribution is -2.56. The van der Waals surface area contributed by atoms with E-state index < -0.39 is 35.8 Å². The van der Waals surface area contributed by atoms with Gasteiger partial charge in [-0.1, -0.05) is 66.8 Å². The number of amides is 5. The Morgan fingerprint density at radius 1 is 0.644 bits per heavy atom. The minimum atomic E-state index is -1.00. The predicted molar refractivity (Wildman–Crippen MR) is 179 cm³/mol. The van der Waals surface area contributed by atoms with Crippen LogP contribution in [-0.2, 0) is 30.4 Å². The van der Waals surface area contributed by atoms with Crippen LogP contribution in [0.1, 0.15) is 64.9 Å². The molecule has 7 N–H and O–H groups in total. The highest BCUT2D eigenvalue weighted by Gasteiger charge is 2.28. The summed E-state index contributed by atoms with van der Waals surface area (Å²) in [4.78, 5) is 62.9. The fourth-order valence-corrected chi connectivity index (χ4v) is 4.83. The van der Waals surface area contributed by atoms with E-state index in [1.54, 1.807) is 6.92 Å². The molecule has 11 nitrogen and oxygen atoms in total. The van der Waals surface area contributed by atoms with Crippen LogP contribution < -0.4 is 32.3 Å². The number of carbonyl (C=O) groups excluding carboxylic acids is 5. The lowest BCUT2D eigenvalue weighted by molar-refractivity contribution is -0.133. The highest BCUT2D eigenvalue weighted by Crippen LogP contribution is 2.20. The molecule has 12 heteroatoms. The van der Waals surface area contributed by atoms with Crippen molar-refractivity contribution in [3.8, 4) is 11.1 Å². The number of nitrogens with one attached hydrogen (secondary N) is 5. The van der Waals surface area contributed by atoms with Gasteiger partial charge in [0.05, 0.1) is 4.99 Å². The van der Waals surface area contributed by atoms with Gasteiger partial charge >= 0.3 is 0 Å². The molecule has 0 aliphatic heterocycles. The Morgan fingerprint density at radius 2 is 1.16 bits per heavy atom. The first-order valence-corrected chi connectivity index (χ1v) is 15.7. The first kappa shape index (κ1) is 36.9. The molecule has 244 valence electrons. The third kappa shape index (κ3) is 14.8. The zero-order valence-electron chi connectivity index (χ0n) is 26.3. The number of carbonyl (C=O) groups is 5. The van der Waals surface area contributed by atoms with E-state index in [0.29, 0.717) is 56.6 Å². The zero-order chi connectivity index (χ0) is 33.2. The summed E-state index contributed by atoms with van der Waals surface area (Å²) in [6, 6.07) is 14.7. The van der Waals surface area contributed by atoms with Gasteiger partial charge in [0.25, 0.3) is 0 Å². The average Bonchev–Trinajstić information content (AvgIpc) is 2.99. The van der Waals surface area contributed by atoms with E-state index in [0.717, 1.165) is 16.7 Å². The second-order valence-electron chi connectivity index (χ2n) is 11.0. The van der Waals surface area contributed by atoms with Crippen LogP contribution in [0.3, 0.4) is 0 Å². The van der Waals surface area contributed by atoms with Gasteiger partial charge in [0.2, 0.25) is 29.5 Å². The summed E-state index contributed by atoms with van der Waals surface area (Å²) in [6.07, 6.45) is 3.24. The number of nitrogens with two attached hydrogens (primary N) is 1. The van der Waals surface area contributed by atoms with Crippen molar-refractivity contribution >= 4 is 46.7 Å². The number of hydrogen-bond donors (Lipinski definition) is 6. The van der Waals surface area contributed by atoms with Gasteiger partial charge in [-0.2, -0.15) is 0 Å². The Kier molecular flexibility index (Phi) is 16.3. The second kappa shape index (κ2) is 19.9. The molecule has 0 unspecified atom stereocenters. The number of unbranched alkanes of at least 4 members (excludes halogenated alkanes) is 2. The number of primary amides is 1. The maximum atomic E-state index is 13.5. The van der Waals surface area contributed by atoms with E-state index in [2.05, 4.69) is 26.6 Å². The summed E-state index contributed by atoms with van der Waals surface area (Å²) in [6.45, 7) is 5.59. The molecular weight excluding hydrogens is 592 g/mol. The van der Waals surface area contributed by atoms with Gasteiger partial charge in [-0.25, -0.2) is 0 Å². The van der Waals surface area contributed by atoms with Crippen LogP contribution in [-0.4, -0.2) is 65.7 Å². The van der Waals surface area contributed by atoms with Crippen LogP contribution in [0.25, 0.3) is 11.1 Å². The van der Waals surface area contributed by atoms with Crippen LogP contribution in [0, 0.1) is 0 Å². The van der Waals surface area contributed by atoms with E-state index in [1.165, 1.54) is 13.8 Å². The highest BCUT2D eigenvalue weighted by molar-refractivity contribution is 7.80. The van der Waals surface area contributed by atoms with E-state index in [9.17, 15) is 24.0 Å². The predicted octanol–water partition coefficient (Wildman–Crippen LogP) is 2.27. The van der Waals surface area contributed by atoms with Crippen LogP contribution in [0.5, 0.6) is 0 Å². The Bertz CT molecular complexity index is 1290. The Morgan fingerprint density at radius 3 is 1.67 bits per heavy atom. The summed E-state index contributed by atoms with van der Waals surface area (Å²) in [7, 11) is 0. The normalized spacial score (nSPS) is 12.6. The summed E-state index contributed by atoms with van der Waals surface area (Å²) in [5.41, 5.74) is 8.58. The van der Waals surface area contributed by atoms with Gasteiger partial charge in [0.1, 0.15) is 18.1 Å². The van der Waals surface area contributed by atoms with Crippen molar-refractivity contribution in [3.05, 3.63) is 60.2 Å². The molecule has 2 aromatic rings. The quantitative estimate of drug-likeness (QED) is 0.101. The van der Waals surface area contributed by atoms with Crippen molar-refractivity contribution in [2.45, 2.75) is 83.8 Å². The average molecular weight is 639 g/mol. The first-order valence-electron chi connectivity index (χ1n) is 15.3. The monoisotopic (exact) mass is 638 g/mol. The number of benzene rings is 2. The fourth-order valence-electron chi connectivity index (χ4n) is 4.73. The zero-order valence-corrected chi connectivity index (χ0v) is 27.1. The van der Waals surface area contributed by atoms with E-state index in [4.69, 9.17) is 18.0 Å². The summed E-state index contributed by atoms with van der Waals surface area (Å²) < 4.78 is 0. The van der Waals surface area contributed by atoms with Crippen molar-refractivity contribution < 1.29 is 24.0 Å². The van der Waals surface area contributed by atoms with Crippen molar-refractivity contribution in [2.24, 2.45) is 5.73 Å². The van der Waals surface area contributed by atoms with Gasteiger partial charge in [-0.05, 0) is 62.1 Å². The first-order chi connectivity index (χ1) is 21.5. The Labute approximate surface area is 270 Å². The van der Waals surface area contributed by atoms with Gasteiger partial charge < -0.3 is 32.3 Å². The van der Waals surface area contributed by atoms with Crippen LogP contribution in [0.15, 0.2) is 54.6 Å². The van der Waals surface area contributed by atoms with E-state index in [1.807, 2.05) is 54.6 Å². The molecule has 0 aliphatic rings. The van der Waals surface area contributed by atoms with Crippen molar-refractivity contribution in [1.29, 1.82) is 0 Å². The maximum absolute atomic E-state index is 13.5. The Hall–Kier alpha value is -4.32. The van der Waals surface area contributed by atoms with Gasteiger partial charge in [0, 0.05) is 33.4 Å². The van der Waals surface area contributed by atoms with Crippen molar-refractivity contribution in [3.63, 3.8) is 0 Å². The molecule has 2 aromatic carbocycles. The van der Waals surface area contributed by atoms with Gasteiger partial charge in [-0.3, -0.25) is 24.0 Å². The number of thiocarbonyl (C=S) groups is 1. The lowest BCUT2D eigenvalue weighted by Gasteiger charge is -2.25. The molecule has 0 heterocycles. The highest BCUT2D eigenvalue weighted by atomic mass is 32.1. The molecule has 0 bridgehead atoms. The molecule has 0 aliphatic carbocycles. The topological polar surface area (TPSA) is 172 Å². The summed E-state index contributed by atoms with van der Waals surface area (Å²) >= 11 is 5.05. The SMILES string of the molecule is CC(=O)NCCCC[C@H](NC(C)=O)C(=O)N[C@@H](CCCCNC(C)=S)C(=O)N[C@@H](Cc1ccc(-c2ccccc2)cc1)C(N)=O. The third-order valence-electron chi connectivity index (χ3n) is 7.07. The number of rotatable bonds is 19. The van der Waals surface area contributed by atoms with Crippen molar-refractivity contribution in [1.82, 2.24) is 26.6 Å². The summed E-state index contributed by atoms with van der Waals surface area (Å²) in [5, 5.41) is 13.9. The molecule has 0 saturated carbocycles. The van der Waals surface area contributed by atoms with E-state index in [-0.39, 0.29) is 18.2 Å². The number of hydrogen-bond acceptors (Lipinski definition) is 6. The van der Waals surface area contributed by atoms with Gasteiger partial charge in [0.15, 0.2) is 0 Å². The molecule has 3 atom stereocenters. The van der Waals surface area contributed by atoms with Gasteiger partial charge in [-0.15, -0.1) is 0 Å². The standard InChI is InChI=1S/C33H46N6O5S/c1-22(40)35-19-9-7-13-28(37-23(2)41)32(43)38-29(14-8-10-20-36-24(3)45)33(44)39-30(31(34)42)21-25-15-17-27(18-16-25)26-11-5-4-6-12-26/h4-6,11-12,15-18,28-30H,7-10,13-14,19-21H2,1-3H3,(H2,34,42)(H,35,40)(H,36,45)(H,37,41)(H,38,43)(H,39,44)/t28-,29-,30-/m0/s1. The molecule has 0 fully saturated rings. The van der Waals surface area contributed by atoms with Crippen LogP contribution >= 0.6 is 12.2 Å². The molecule has 45 heavy (non-hydrogen) atoms. The van der Waals surface area contributed by atoms with E-state index >= 15 is 0 Å². The van der Waals surface area contributed by atoms with Crippen molar-refractivity contribution in [2.75, 3.05) is 13.1 Å². The Balaban J connectivity index is 2.12. The molecular formula is C33H46N6O5S.